The maximum atomic E-state index is 5.23. The molecule has 0 amide bonds. The molecule has 0 atom stereocenters. The molecule has 1 N–H and O–H groups in total. The van der Waals surface area contributed by atoms with Crippen LogP contribution in [0.5, 0.6) is 5.75 Å². The number of benzene rings is 2. The molecule has 29 heavy (non-hydrogen) atoms. The van der Waals surface area contributed by atoms with Gasteiger partial charge in [-0.2, -0.15) is 9.50 Å². The van der Waals surface area contributed by atoms with Gasteiger partial charge in [0.1, 0.15) is 11.6 Å². The highest BCUT2D eigenvalue weighted by atomic mass is 16.5. The second-order valence-corrected chi connectivity index (χ2v) is 8.11. The van der Waals surface area contributed by atoms with Crippen LogP contribution in [0.15, 0.2) is 54.6 Å². The summed E-state index contributed by atoms with van der Waals surface area (Å²) in [5, 5.41) is 8.10. The van der Waals surface area contributed by atoms with Crippen molar-refractivity contribution in [3.8, 4) is 17.1 Å². The zero-order valence-corrected chi connectivity index (χ0v) is 17.4. The summed E-state index contributed by atoms with van der Waals surface area (Å²) in [7, 11) is 1.66. The first kappa shape index (κ1) is 18.9. The molecular weight excluding hydrogens is 362 g/mol. The van der Waals surface area contributed by atoms with Crippen LogP contribution in [0.1, 0.15) is 32.0 Å². The Hall–Kier alpha value is -3.41. The predicted octanol–water partition coefficient (Wildman–Crippen LogP) is 5.15. The monoisotopic (exact) mass is 387 g/mol. The third-order valence-electron chi connectivity index (χ3n) is 4.81. The normalized spacial score (nSPS) is 11.6. The Bertz CT molecular complexity index is 1140. The Kier molecular flexibility index (Phi) is 4.70. The van der Waals surface area contributed by atoms with Crippen molar-refractivity contribution < 1.29 is 4.74 Å². The maximum Gasteiger partial charge on any atom is 0.254 e. The SMILES string of the molecule is COc1ccc(Nc2cc(C)nc3nc(-c4ccc(C(C)(C)C)cc4)nn23)cc1. The van der Waals surface area contributed by atoms with Crippen molar-refractivity contribution in [2.24, 2.45) is 0 Å². The van der Waals surface area contributed by atoms with Crippen molar-refractivity contribution in [2.75, 3.05) is 12.4 Å². The number of methoxy groups -OCH3 is 1. The van der Waals surface area contributed by atoms with E-state index < -0.39 is 0 Å². The summed E-state index contributed by atoms with van der Waals surface area (Å²) in [6, 6.07) is 18.1. The largest absolute Gasteiger partial charge is 0.497 e. The summed E-state index contributed by atoms with van der Waals surface area (Å²) in [4.78, 5) is 9.18. The van der Waals surface area contributed by atoms with Gasteiger partial charge in [-0.25, -0.2) is 4.98 Å². The molecule has 0 unspecified atom stereocenters. The summed E-state index contributed by atoms with van der Waals surface area (Å²) in [6.45, 7) is 8.56. The Labute approximate surface area is 170 Å². The Balaban J connectivity index is 1.70. The summed E-state index contributed by atoms with van der Waals surface area (Å²) in [5.74, 6) is 2.84. The van der Waals surface area contributed by atoms with E-state index in [-0.39, 0.29) is 5.41 Å². The number of aromatic nitrogens is 4. The minimum Gasteiger partial charge on any atom is -0.497 e. The molecule has 0 aliphatic heterocycles. The van der Waals surface area contributed by atoms with Crippen LogP contribution in [0.3, 0.4) is 0 Å². The molecule has 2 aromatic carbocycles. The number of aryl methyl sites for hydroxylation is 1. The number of anilines is 2. The summed E-state index contributed by atoms with van der Waals surface area (Å²) < 4.78 is 6.97. The molecule has 6 nitrogen and oxygen atoms in total. The second-order valence-electron chi connectivity index (χ2n) is 8.11. The number of hydrogen-bond donors (Lipinski definition) is 1. The molecule has 0 saturated carbocycles. The van der Waals surface area contributed by atoms with E-state index in [0.717, 1.165) is 28.5 Å². The van der Waals surface area contributed by atoms with Gasteiger partial charge in [0, 0.05) is 23.0 Å². The van der Waals surface area contributed by atoms with Crippen molar-refractivity contribution in [1.29, 1.82) is 0 Å². The first-order chi connectivity index (χ1) is 13.8. The van der Waals surface area contributed by atoms with Crippen molar-refractivity contribution >= 4 is 17.3 Å². The van der Waals surface area contributed by atoms with Crippen molar-refractivity contribution in [3.05, 3.63) is 65.9 Å². The van der Waals surface area contributed by atoms with Gasteiger partial charge in [0.15, 0.2) is 5.82 Å². The number of ether oxygens (including phenoxy) is 1. The zero-order valence-electron chi connectivity index (χ0n) is 17.4. The van der Waals surface area contributed by atoms with Gasteiger partial charge >= 0.3 is 0 Å². The molecule has 148 valence electrons. The van der Waals surface area contributed by atoms with E-state index in [2.05, 4.69) is 60.3 Å². The van der Waals surface area contributed by atoms with E-state index in [0.29, 0.717) is 11.6 Å². The van der Waals surface area contributed by atoms with E-state index in [1.165, 1.54) is 5.56 Å². The van der Waals surface area contributed by atoms with Gasteiger partial charge in [-0.05, 0) is 42.2 Å². The topological polar surface area (TPSA) is 64.3 Å². The molecule has 0 saturated heterocycles. The van der Waals surface area contributed by atoms with Crippen LogP contribution < -0.4 is 10.1 Å². The van der Waals surface area contributed by atoms with Gasteiger partial charge in [-0.1, -0.05) is 45.0 Å². The van der Waals surface area contributed by atoms with E-state index in [1.54, 1.807) is 11.6 Å². The van der Waals surface area contributed by atoms with Crippen LogP contribution in [0.25, 0.3) is 17.2 Å². The molecule has 0 bridgehead atoms. The Morgan fingerprint density at radius 1 is 0.931 bits per heavy atom. The predicted molar refractivity (Wildman–Crippen MR) is 116 cm³/mol. The lowest BCUT2D eigenvalue weighted by Gasteiger charge is -2.18. The molecule has 0 fully saturated rings. The van der Waals surface area contributed by atoms with Gasteiger partial charge < -0.3 is 10.1 Å². The zero-order chi connectivity index (χ0) is 20.6. The average Bonchev–Trinajstić information content (AvgIpc) is 3.12. The second kappa shape index (κ2) is 7.20. The minimum atomic E-state index is 0.110. The molecule has 0 aliphatic rings. The highest BCUT2D eigenvalue weighted by molar-refractivity contribution is 5.63. The lowest BCUT2D eigenvalue weighted by molar-refractivity contribution is 0.415. The van der Waals surface area contributed by atoms with Gasteiger partial charge in [-0.15, -0.1) is 5.10 Å². The third kappa shape index (κ3) is 3.92. The van der Waals surface area contributed by atoms with Gasteiger partial charge in [0.2, 0.25) is 0 Å². The summed E-state index contributed by atoms with van der Waals surface area (Å²) >= 11 is 0. The van der Waals surface area contributed by atoms with E-state index in [4.69, 9.17) is 9.84 Å². The number of nitrogens with zero attached hydrogens (tertiary/aromatic N) is 4. The number of fused-ring (bicyclic) bond motifs is 1. The lowest BCUT2D eigenvalue weighted by Crippen LogP contribution is -2.10. The average molecular weight is 387 g/mol. The van der Waals surface area contributed by atoms with Gasteiger partial charge in [-0.3, -0.25) is 0 Å². The fourth-order valence-electron chi connectivity index (χ4n) is 3.14. The molecule has 0 aliphatic carbocycles. The van der Waals surface area contributed by atoms with Crippen LogP contribution in [-0.2, 0) is 5.41 Å². The smallest absolute Gasteiger partial charge is 0.254 e. The van der Waals surface area contributed by atoms with E-state index in [9.17, 15) is 0 Å². The highest BCUT2D eigenvalue weighted by Gasteiger charge is 2.15. The first-order valence-electron chi connectivity index (χ1n) is 9.60. The van der Waals surface area contributed by atoms with Crippen molar-refractivity contribution in [3.63, 3.8) is 0 Å². The van der Waals surface area contributed by atoms with E-state index >= 15 is 0 Å². The quantitative estimate of drug-likeness (QED) is 0.525. The molecular formula is C23H25N5O. The molecule has 2 heterocycles. The fourth-order valence-corrected chi connectivity index (χ4v) is 3.14. The van der Waals surface area contributed by atoms with Crippen LogP contribution >= 0.6 is 0 Å². The molecule has 0 radical (unpaired) electrons. The van der Waals surface area contributed by atoms with Crippen molar-refractivity contribution in [1.82, 2.24) is 19.6 Å². The fraction of sp³-hybridized carbons (Fsp3) is 0.261. The molecule has 4 aromatic rings. The standard InChI is InChI=1S/C23H25N5O/c1-15-14-20(25-18-10-12-19(29-5)13-11-18)28-22(24-15)26-21(27-28)16-6-8-17(9-7-16)23(2,3)4/h6-14,25H,1-5H3. The summed E-state index contributed by atoms with van der Waals surface area (Å²) in [5.41, 5.74) is 4.16. The number of nitrogens with one attached hydrogen (secondary N) is 1. The molecule has 4 rings (SSSR count). The molecule has 0 spiro atoms. The van der Waals surface area contributed by atoms with Crippen LogP contribution in [0.4, 0.5) is 11.5 Å². The minimum absolute atomic E-state index is 0.110. The lowest BCUT2D eigenvalue weighted by atomic mass is 9.87. The molecule has 6 heteroatoms. The van der Waals surface area contributed by atoms with Gasteiger partial charge in [0.05, 0.1) is 7.11 Å². The molecule has 2 aromatic heterocycles. The Morgan fingerprint density at radius 2 is 1.62 bits per heavy atom. The number of rotatable bonds is 4. The third-order valence-corrected chi connectivity index (χ3v) is 4.81. The van der Waals surface area contributed by atoms with E-state index in [1.807, 2.05) is 37.3 Å². The van der Waals surface area contributed by atoms with Crippen LogP contribution in [0.2, 0.25) is 0 Å². The Morgan fingerprint density at radius 3 is 2.24 bits per heavy atom. The first-order valence-corrected chi connectivity index (χ1v) is 9.60. The number of hydrogen-bond acceptors (Lipinski definition) is 5. The van der Waals surface area contributed by atoms with Gasteiger partial charge in [0.25, 0.3) is 5.78 Å². The highest BCUT2D eigenvalue weighted by Crippen LogP contribution is 2.26. The van der Waals surface area contributed by atoms with Crippen LogP contribution in [-0.4, -0.2) is 26.7 Å². The van der Waals surface area contributed by atoms with Crippen molar-refractivity contribution in [2.45, 2.75) is 33.1 Å². The van der Waals surface area contributed by atoms with Crippen LogP contribution in [0, 0.1) is 6.92 Å². The summed E-state index contributed by atoms with van der Waals surface area (Å²) in [6.07, 6.45) is 0. The maximum absolute atomic E-state index is 5.23.